The van der Waals surface area contributed by atoms with Gasteiger partial charge in [0.1, 0.15) is 5.75 Å². The van der Waals surface area contributed by atoms with Gasteiger partial charge in [-0.3, -0.25) is 0 Å². The molecule has 0 bridgehead atoms. The molecule has 94 valence electrons. The molecule has 1 fully saturated rings. The van der Waals surface area contributed by atoms with E-state index in [1.807, 2.05) is 12.1 Å². The molecule has 0 spiro atoms. The number of rotatable bonds is 3. The average Bonchev–Trinajstić information content (AvgIpc) is 2.68. The third kappa shape index (κ3) is 2.32. The number of ether oxygens (including phenoxy) is 1. The summed E-state index contributed by atoms with van der Waals surface area (Å²) in [6, 6.07) is 6.02. The highest BCUT2D eigenvalue weighted by Gasteiger charge is 2.36. The molecule has 0 aromatic heterocycles. The van der Waals surface area contributed by atoms with Crippen molar-refractivity contribution in [1.82, 2.24) is 0 Å². The molecule has 0 amide bonds. The van der Waals surface area contributed by atoms with E-state index in [0.29, 0.717) is 11.3 Å². The Morgan fingerprint density at radius 2 is 2.18 bits per heavy atom. The quantitative estimate of drug-likeness (QED) is 0.867. The smallest absolute Gasteiger partial charge is 0.122 e. The van der Waals surface area contributed by atoms with Crippen LogP contribution in [0.1, 0.15) is 50.2 Å². The van der Waals surface area contributed by atoms with E-state index >= 15 is 0 Å². The van der Waals surface area contributed by atoms with Gasteiger partial charge in [-0.15, -0.1) is 0 Å². The van der Waals surface area contributed by atoms with Crippen molar-refractivity contribution in [2.45, 2.75) is 45.6 Å². The molecule has 1 atom stereocenters. The summed E-state index contributed by atoms with van der Waals surface area (Å²) in [6.07, 6.45) is 3.77. The molecule has 2 nitrogen and oxygen atoms in total. The molecule has 0 aliphatic heterocycles. The van der Waals surface area contributed by atoms with Crippen LogP contribution in [0.2, 0.25) is 0 Å². The van der Waals surface area contributed by atoms with Crippen LogP contribution in [-0.4, -0.2) is 12.2 Å². The summed E-state index contributed by atoms with van der Waals surface area (Å²) in [7, 11) is 1.72. The van der Waals surface area contributed by atoms with Crippen LogP contribution in [0.15, 0.2) is 18.2 Å². The lowest BCUT2D eigenvalue weighted by Gasteiger charge is -2.29. The molecule has 2 heteroatoms. The summed E-state index contributed by atoms with van der Waals surface area (Å²) in [5.74, 6) is 1.51. The molecule has 1 aromatic carbocycles. The highest BCUT2D eigenvalue weighted by atomic mass is 16.5. The molecule has 2 rings (SSSR count). The fraction of sp³-hybridized carbons (Fsp3) is 0.600. The van der Waals surface area contributed by atoms with Gasteiger partial charge >= 0.3 is 0 Å². The maximum absolute atomic E-state index is 9.26. The summed E-state index contributed by atoms with van der Waals surface area (Å²) in [6.45, 7) is 4.76. The molecule has 1 unspecified atom stereocenters. The highest BCUT2D eigenvalue weighted by Crippen LogP contribution is 2.51. The maximum Gasteiger partial charge on any atom is 0.122 e. The van der Waals surface area contributed by atoms with E-state index in [9.17, 15) is 5.11 Å². The van der Waals surface area contributed by atoms with E-state index < -0.39 is 0 Å². The Labute approximate surface area is 104 Å². The van der Waals surface area contributed by atoms with Crippen LogP contribution in [0.3, 0.4) is 0 Å². The highest BCUT2D eigenvalue weighted by molar-refractivity contribution is 5.41. The van der Waals surface area contributed by atoms with Gasteiger partial charge in [-0.2, -0.15) is 0 Å². The first kappa shape index (κ1) is 12.4. The predicted octanol–water partition coefficient (Wildman–Crippen LogP) is 3.48. The first-order valence-corrected chi connectivity index (χ1v) is 6.36. The SMILES string of the molecule is COc1ccc(CO)cc1C1CCCC1(C)C. The Kier molecular flexibility index (Phi) is 3.43. The van der Waals surface area contributed by atoms with Gasteiger partial charge in [0, 0.05) is 0 Å². The van der Waals surface area contributed by atoms with Crippen LogP contribution >= 0.6 is 0 Å². The van der Waals surface area contributed by atoms with Crippen LogP contribution in [0, 0.1) is 5.41 Å². The molecule has 1 N–H and O–H groups in total. The first-order chi connectivity index (χ1) is 8.08. The van der Waals surface area contributed by atoms with Crippen molar-refractivity contribution >= 4 is 0 Å². The predicted molar refractivity (Wildman–Crippen MR) is 69.3 cm³/mol. The second-order valence-electron chi connectivity index (χ2n) is 5.67. The fourth-order valence-electron chi connectivity index (χ4n) is 3.06. The van der Waals surface area contributed by atoms with E-state index in [1.165, 1.54) is 24.8 Å². The minimum atomic E-state index is 0.101. The Hall–Kier alpha value is -1.02. The van der Waals surface area contributed by atoms with Gasteiger partial charge in [0.2, 0.25) is 0 Å². The summed E-state index contributed by atoms with van der Waals surface area (Å²) < 4.78 is 5.47. The lowest BCUT2D eigenvalue weighted by Crippen LogP contribution is -2.16. The largest absolute Gasteiger partial charge is 0.496 e. The van der Waals surface area contributed by atoms with Crippen LogP contribution in [0.5, 0.6) is 5.75 Å². The molecule has 1 aromatic rings. The normalized spacial score (nSPS) is 22.7. The number of hydrogen-bond donors (Lipinski definition) is 1. The van der Waals surface area contributed by atoms with Gasteiger partial charge in [0.15, 0.2) is 0 Å². The lowest BCUT2D eigenvalue weighted by molar-refractivity contribution is 0.280. The zero-order valence-electron chi connectivity index (χ0n) is 11.0. The minimum Gasteiger partial charge on any atom is -0.496 e. The van der Waals surface area contributed by atoms with Crippen LogP contribution in [0.25, 0.3) is 0 Å². The zero-order chi connectivity index (χ0) is 12.5. The molecule has 1 saturated carbocycles. The second kappa shape index (κ2) is 4.69. The van der Waals surface area contributed by atoms with E-state index in [-0.39, 0.29) is 6.61 Å². The third-order valence-corrected chi connectivity index (χ3v) is 4.11. The first-order valence-electron chi connectivity index (χ1n) is 6.36. The summed E-state index contributed by atoms with van der Waals surface area (Å²) in [5.41, 5.74) is 2.58. The second-order valence-corrected chi connectivity index (χ2v) is 5.67. The fourth-order valence-corrected chi connectivity index (χ4v) is 3.06. The van der Waals surface area contributed by atoms with Gasteiger partial charge < -0.3 is 9.84 Å². The molecule has 0 radical (unpaired) electrons. The number of hydrogen-bond acceptors (Lipinski definition) is 2. The maximum atomic E-state index is 9.26. The summed E-state index contributed by atoms with van der Waals surface area (Å²) in [4.78, 5) is 0. The number of aliphatic hydroxyl groups is 1. The molecule has 17 heavy (non-hydrogen) atoms. The Morgan fingerprint density at radius 1 is 1.41 bits per heavy atom. The molecule has 0 saturated heterocycles. The summed E-state index contributed by atoms with van der Waals surface area (Å²) >= 11 is 0. The van der Waals surface area contributed by atoms with Crippen molar-refractivity contribution in [3.8, 4) is 5.75 Å². The monoisotopic (exact) mass is 234 g/mol. The number of aliphatic hydroxyl groups excluding tert-OH is 1. The number of benzene rings is 1. The molecule has 0 heterocycles. The van der Waals surface area contributed by atoms with Crippen molar-refractivity contribution in [3.63, 3.8) is 0 Å². The zero-order valence-corrected chi connectivity index (χ0v) is 11.0. The standard InChI is InChI=1S/C15H22O2/c1-15(2)8-4-5-13(15)12-9-11(10-16)6-7-14(12)17-3/h6-7,9,13,16H,4-5,8,10H2,1-3H3. The van der Waals surface area contributed by atoms with Crippen LogP contribution < -0.4 is 4.74 Å². The molecular weight excluding hydrogens is 212 g/mol. The topological polar surface area (TPSA) is 29.5 Å². The van der Waals surface area contributed by atoms with Crippen LogP contribution in [0.4, 0.5) is 0 Å². The van der Waals surface area contributed by atoms with Crippen molar-refractivity contribution in [2.75, 3.05) is 7.11 Å². The van der Waals surface area contributed by atoms with E-state index in [0.717, 1.165) is 11.3 Å². The van der Waals surface area contributed by atoms with Crippen molar-refractivity contribution in [1.29, 1.82) is 0 Å². The lowest BCUT2D eigenvalue weighted by atomic mass is 9.77. The van der Waals surface area contributed by atoms with Crippen molar-refractivity contribution in [2.24, 2.45) is 5.41 Å². The summed E-state index contributed by atoms with van der Waals surface area (Å²) in [5, 5.41) is 9.26. The molecule has 1 aliphatic rings. The van der Waals surface area contributed by atoms with Gasteiger partial charge in [-0.25, -0.2) is 0 Å². The van der Waals surface area contributed by atoms with E-state index in [4.69, 9.17) is 4.74 Å². The van der Waals surface area contributed by atoms with Gasteiger partial charge in [0.25, 0.3) is 0 Å². The van der Waals surface area contributed by atoms with E-state index in [2.05, 4.69) is 19.9 Å². The molecular formula is C15H22O2. The van der Waals surface area contributed by atoms with Gasteiger partial charge in [-0.05, 0) is 47.4 Å². The molecule has 1 aliphatic carbocycles. The Bertz CT molecular complexity index is 396. The Balaban J connectivity index is 2.42. The number of methoxy groups -OCH3 is 1. The minimum absolute atomic E-state index is 0.101. The van der Waals surface area contributed by atoms with Crippen molar-refractivity contribution in [3.05, 3.63) is 29.3 Å². The van der Waals surface area contributed by atoms with E-state index in [1.54, 1.807) is 7.11 Å². The average molecular weight is 234 g/mol. The Morgan fingerprint density at radius 3 is 2.71 bits per heavy atom. The third-order valence-electron chi connectivity index (χ3n) is 4.11. The van der Waals surface area contributed by atoms with Crippen LogP contribution in [-0.2, 0) is 6.61 Å². The van der Waals surface area contributed by atoms with Gasteiger partial charge in [-0.1, -0.05) is 26.3 Å². The van der Waals surface area contributed by atoms with Gasteiger partial charge in [0.05, 0.1) is 13.7 Å². The van der Waals surface area contributed by atoms with Crippen molar-refractivity contribution < 1.29 is 9.84 Å².